The predicted octanol–water partition coefficient (Wildman–Crippen LogP) is 1.68. The molecule has 0 spiro atoms. The van der Waals surface area contributed by atoms with Crippen molar-refractivity contribution in [1.29, 1.82) is 0 Å². The molecular weight excluding hydrogens is 266 g/mol. The summed E-state index contributed by atoms with van der Waals surface area (Å²) >= 11 is 5.05. The molecule has 0 fully saturated rings. The quantitative estimate of drug-likeness (QED) is 0.633. The normalized spacial score (nSPS) is 9.63. The van der Waals surface area contributed by atoms with Gasteiger partial charge in [0, 0.05) is 18.2 Å². The van der Waals surface area contributed by atoms with Gasteiger partial charge in [0.15, 0.2) is 0 Å². The van der Waals surface area contributed by atoms with Gasteiger partial charge in [-0.25, -0.2) is 0 Å². The van der Waals surface area contributed by atoms with E-state index in [0.29, 0.717) is 17.3 Å². The van der Waals surface area contributed by atoms with Crippen molar-refractivity contribution in [3.63, 3.8) is 0 Å². The maximum absolute atomic E-state index is 11.0. The topological polar surface area (TPSA) is 56.8 Å². The average Bonchev–Trinajstić information content (AvgIpc) is 2.44. The molecule has 1 rings (SSSR count). The van der Waals surface area contributed by atoms with Gasteiger partial charge in [-0.3, -0.25) is 4.79 Å². The lowest BCUT2D eigenvalue weighted by molar-refractivity contribution is -0.139. The molecule has 1 N–H and O–H groups in total. The Morgan fingerprint density at radius 2 is 2.00 bits per heavy atom. The minimum absolute atomic E-state index is 0.0737. The number of thiocarbonyl (C=S) groups is 1. The minimum atomic E-state index is -0.362. The van der Waals surface area contributed by atoms with Crippen LogP contribution in [0.4, 0.5) is 0 Å². The molecule has 0 aliphatic rings. The molecule has 0 saturated heterocycles. The summed E-state index contributed by atoms with van der Waals surface area (Å²) in [5.74, 6) is 1.06. The lowest BCUT2D eigenvalue weighted by atomic mass is 10.2. The van der Waals surface area contributed by atoms with Crippen molar-refractivity contribution < 1.29 is 19.0 Å². The van der Waals surface area contributed by atoms with Crippen LogP contribution in [0.3, 0.4) is 0 Å². The number of hydrogen-bond acceptors (Lipinski definition) is 5. The highest BCUT2D eigenvalue weighted by Gasteiger charge is 2.08. The molecule has 6 heteroatoms. The molecule has 0 unspecified atom stereocenters. The van der Waals surface area contributed by atoms with Crippen LogP contribution in [0.5, 0.6) is 11.5 Å². The summed E-state index contributed by atoms with van der Waals surface area (Å²) in [5.41, 5.74) is 0.926. The van der Waals surface area contributed by atoms with E-state index in [1.165, 1.54) is 7.11 Å². The predicted molar refractivity (Wildman–Crippen MR) is 75.6 cm³/mol. The smallest absolute Gasteiger partial charge is 0.312 e. The zero-order chi connectivity index (χ0) is 14.3. The monoisotopic (exact) mass is 283 g/mol. The van der Waals surface area contributed by atoms with Gasteiger partial charge in [-0.2, -0.15) is 0 Å². The van der Waals surface area contributed by atoms with Gasteiger partial charge in [0.25, 0.3) is 0 Å². The van der Waals surface area contributed by atoms with Crippen molar-refractivity contribution in [2.45, 2.75) is 13.0 Å². The van der Waals surface area contributed by atoms with Crippen LogP contribution in [-0.4, -0.2) is 32.3 Å². The molecule has 0 saturated carbocycles. The summed E-state index contributed by atoms with van der Waals surface area (Å²) in [6, 6.07) is 5.51. The van der Waals surface area contributed by atoms with Crippen molar-refractivity contribution >= 4 is 23.2 Å². The first-order valence-corrected chi connectivity index (χ1v) is 6.06. The zero-order valence-corrected chi connectivity index (χ0v) is 12.0. The number of methoxy groups -OCH3 is 3. The molecule has 0 aromatic heterocycles. The fourth-order valence-electron chi connectivity index (χ4n) is 1.46. The summed E-state index contributed by atoms with van der Waals surface area (Å²) in [4.78, 5) is 11.5. The second-order valence-electron chi connectivity index (χ2n) is 3.71. The van der Waals surface area contributed by atoms with E-state index < -0.39 is 0 Å². The van der Waals surface area contributed by atoms with E-state index in [0.717, 1.165) is 11.3 Å². The van der Waals surface area contributed by atoms with Crippen LogP contribution in [0, 0.1) is 0 Å². The van der Waals surface area contributed by atoms with Crippen molar-refractivity contribution in [2.75, 3.05) is 21.3 Å². The fourth-order valence-corrected chi connectivity index (χ4v) is 1.65. The van der Waals surface area contributed by atoms with E-state index in [9.17, 15) is 4.79 Å². The number of carbonyl (C=O) groups is 1. The van der Waals surface area contributed by atoms with Crippen molar-refractivity contribution in [2.24, 2.45) is 0 Å². The molecule has 0 radical (unpaired) electrons. The molecule has 1 aromatic carbocycles. The highest BCUT2D eigenvalue weighted by Crippen LogP contribution is 2.24. The Labute approximate surface area is 117 Å². The maximum atomic E-state index is 11.0. The van der Waals surface area contributed by atoms with Gasteiger partial charge in [0.05, 0.1) is 32.7 Å². The summed E-state index contributed by atoms with van der Waals surface area (Å²) in [6.45, 7) is 0.475. The number of hydrogen-bond donors (Lipinski definition) is 1. The number of nitrogens with one attached hydrogen (secondary N) is 1. The van der Waals surface area contributed by atoms with Gasteiger partial charge < -0.3 is 19.5 Å². The zero-order valence-electron chi connectivity index (χ0n) is 11.2. The van der Waals surface area contributed by atoms with Crippen LogP contribution >= 0.6 is 12.2 Å². The summed E-state index contributed by atoms with van der Waals surface area (Å²) in [6.07, 6.45) is 0.0737. The highest BCUT2D eigenvalue weighted by molar-refractivity contribution is 7.80. The van der Waals surface area contributed by atoms with Gasteiger partial charge >= 0.3 is 5.97 Å². The number of carbonyl (C=O) groups excluding carboxylic acids is 1. The first-order chi connectivity index (χ1) is 9.10. The van der Waals surface area contributed by atoms with Crippen molar-refractivity contribution in [1.82, 2.24) is 5.32 Å². The number of ether oxygens (including phenoxy) is 3. The maximum Gasteiger partial charge on any atom is 0.312 e. The van der Waals surface area contributed by atoms with Crippen LogP contribution in [0.25, 0.3) is 0 Å². The Hall–Kier alpha value is -1.82. The number of esters is 1. The molecule has 5 nitrogen and oxygen atoms in total. The van der Waals surface area contributed by atoms with E-state index in [1.807, 2.05) is 12.1 Å². The lowest BCUT2D eigenvalue weighted by Crippen LogP contribution is -2.24. The largest absolute Gasteiger partial charge is 0.497 e. The second kappa shape index (κ2) is 7.58. The SMILES string of the molecule is COC(=O)CC(=S)NCc1ccc(OC)cc1OC. The third kappa shape index (κ3) is 4.75. The van der Waals surface area contributed by atoms with E-state index in [1.54, 1.807) is 20.3 Å². The van der Waals surface area contributed by atoms with Crippen LogP contribution in [0.2, 0.25) is 0 Å². The number of benzene rings is 1. The first-order valence-electron chi connectivity index (χ1n) is 5.65. The molecule has 19 heavy (non-hydrogen) atoms. The Bertz CT molecular complexity index is 462. The Kier molecular flexibility index (Phi) is 6.08. The van der Waals surface area contributed by atoms with Gasteiger partial charge in [-0.05, 0) is 12.1 Å². The Morgan fingerprint density at radius 1 is 1.26 bits per heavy atom. The third-order valence-electron chi connectivity index (χ3n) is 2.50. The highest BCUT2D eigenvalue weighted by atomic mass is 32.1. The Balaban J connectivity index is 2.62. The average molecular weight is 283 g/mol. The molecule has 0 aliphatic carbocycles. The van der Waals surface area contributed by atoms with Crippen molar-refractivity contribution in [3.05, 3.63) is 23.8 Å². The first kappa shape index (κ1) is 15.2. The molecule has 0 heterocycles. The molecular formula is C13H17NO4S. The van der Waals surface area contributed by atoms with Crippen molar-refractivity contribution in [3.8, 4) is 11.5 Å². The van der Waals surface area contributed by atoms with Gasteiger partial charge in [-0.15, -0.1) is 0 Å². The third-order valence-corrected chi connectivity index (χ3v) is 2.79. The lowest BCUT2D eigenvalue weighted by Gasteiger charge is -2.12. The second-order valence-corrected chi connectivity index (χ2v) is 4.20. The summed E-state index contributed by atoms with van der Waals surface area (Å²) < 4.78 is 14.9. The molecule has 1 aromatic rings. The van der Waals surface area contributed by atoms with Crippen LogP contribution < -0.4 is 14.8 Å². The van der Waals surface area contributed by atoms with Gasteiger partial charge in [0.2, 0.25) is 0 Å². The number of rotatable bonds is 6. The summed E-state index contributed by atoms with van der Waals surface area (Å²) in [5, 5.41) is 2.99. The molecule has 0 atom stereocenters. The van der Waals surface area contributed by atoms with Gasteiger partial charge in [0.1, 0.15) is 11.5 Å². The van der Waals surface area contributed by atoms with E-state index in [4.69, 9.17) is 21.7 Å². The van der Waals surface area contributed by atoms with E-state index in [2.05, 4.69) is 10.1 Å². The fraction of sp³-hybridized carbons (Fsp3) is 0.385. The molecule has 0 bridgehead atoms. The van der Waals surface area contributed by atoms with E-state index >= 15 is 0 Å². The van der Waals surface area contributed by atoms with Crippen LogP contribution in [0.15, 0.2) is 18.2 Å². The van der Waals surface area contributed by atoms with Crippen LogP contribution in [0.1, 0.15) is 12.0 Å². The van der Waals surface area contributed by atoms with Gasteiger partial charge in [-0.1, -0.05) is 12.2 Å². The Morgan fingerprint density at radius 3 is 2.58 bits per heavy atom. The standard InChI is InChI=1S/C13H17NO4S/c1-16-10-5-4-9(11(6-10)17-2)8-14-12(19)7-13(15)18-3/h4-6H,7-8H2,1-3H3,(H,14,19). The molecule has 0 amide bonds. The minimum Gasteiger partial charge on any atom is -0.497 e. The molecule has 0 aliphatic heterocycles. The summed E-state index contributed by atoms with van der Waals surface area (Å²) in [7, 11) is 4.51. The molecule has 104 valence electrons. The van der Waals surface area contributed by atoms with Crippen LogP contribution in [-0.2, 0) is 16.1 Å². The van der Waals surface area contributed by atoms with E-state index in [-0.39, 0.29) is 12.4 Å².